The van der Waals surface area contributed by atoms with Gasteiger partial charge in [-0.25, -0.2) is 0 Å². The zero-order valence-electron chi connectivity index (χ0n) is 19.5. The van der Waals surface area contributed by atoms with E-state index in [1.54, 1.807) is 6.20 Å². The molecule has 1 radical (unpaired) electrons. The Morgan fingerprint density at radius 3 is 2.23 bits per heavy atom. The molecule has 0 bridgehead atoms. The van der Waals surface area contributed by atoms with Gasteiger partial charge in [0.2, 0.25) is 0 Å². The van der Waals surface area contributed by atoms with Crippen LogP contribution in [0.15, 0.2) is 97.6 Å². The van der Waals surface area contributed by atoms with Crippen LogP contribution in [0, 0.1) is 19.9 Å². The molecule has 3 aromatic heterocycles. The molecule has 0 spiro atoms. The molecule has 0 unspecified atom stereocenters. The Kier molecular flexibility index (Phi) is 6.55. The third-order valence-electron chi connectivity index (χ3n) is 5.74. The van der Waals surface area contributed by atoms with Gasteiger partial charge in [-0.05, 0) is 30.3 Å². The van der Waals surface area contributed by atoms with E-state index >= 15 is 0 Å². The van der Waals surface area contributed by atoms with Crippen molar-refractivity contribution >= 4 is 12.2 Å². The minimum absolute atomic E-state index is 0. The van der Waals surface area contributed by atoms with E-state index in [-0.39, 0.29) is 0 Å². The van der Waals surface area contributed by atoms with Gasteiger partial charge in [0, 0.05) is 47.0 Å². The SMILES string of the molecule is Cc1c[c-]c(-c2ncc(-c3ncc(-c4cccnc4)cc3/C=C/c3ccccc3)cc2C)cc1.[Lr]. The molecule has 0 amide bonds. The summed E-state index contributed by atoms with van der Waals surface area (Å²) < 4.78 is 0. The maximum absolute atomic E-state index is 4.87. The summed E-state index contributed by atoms with van der Waals surface area (Å²) in [5.74, 6) is 0. The van der Waals surface area contributed by atoms with Crippen molar-refractivity contribution in [3.05, 3.63) is 126 Å². The largest absolute Gasteiger partial charge is 0.304 e. The summed E-state index contributed by atoms with van der Waals surface area (Å²) in [7, 11) is 0. The third kappa shape index (κ3) is 5.01. The zero-order valence-corrected chi connectivity index (χ0v) is 21.6. The number of pyridine rings is 3. The van der Waals surface area contributed by atoms with E-state index < -0.39 is 0 Å². The summed E-state index contributed by atoms with van der Waals surface area (Å²) in [6.07, 6.45) is 11.7. The number of hydrogen-bond acceptors (Lipinski definition) is 3. The zero-order chi connectivity index (χ0) is 23.3. The van der Waals surface area contributed by atoms with E-state index in [1.807, 2.05) is 55.0 Å². The van der Waals surface area contributed by atoms with Crippen molar-refractivity contribution in [1.82, 2.24) is 15.0 Å². The predicted molar refractivity (Wildman–Crippen MR) is 140 cm³/mol. The van der Waals surface area contributed by atoms with Crippen molar-refractivity contribution in [2.24, 2.45) is 0 Å². The summed E-state index contributed by atoms with van der Waals surface area (Å²) in [6.45, 7) is 4.15. The van der Waals surface area contributed by atoms with Gasteiger partial charge in [-0.1, -0.05) is 67.1 Å². The third-order valence-corrected chi connectivity index (χ3v) is 5.74. The van der Waals surface area contributed by atoms with Gasteiger partial charge < -0.3 is 4.98 Å². The number of nitrogens with zero attached hydrogens (tertiary/aromatic N) is 3. The van der Waals surface area contributed by atoms with Crippen LogP contribution in [0.5, 0.6) is 0 Å². The second kappa shape index (κ2) is 10.1. The standard InChI is InChI=1S/C31H24N3.Lr/c1-22-10-13-25(14-11-22)30-23(2)17-29(21-33-30)31-26(15-12-24-7-4-3-5-8-24)18-28(20-34-31)27-9-6-16-32-19-27;/h3-13,15-21H,1-2H3;/q-1;/b15-12+;. The van der Waals surface area contributed by atoms with E-state index in [0.717, 1.165) is 50.3 Å². The van der Waals surface area contributed by atoms with Crippen molar-refractivity contribution in [1.29, 1.82) is 0 Å². The van der Waals surface area contributed by atoms with Crippen molar-refractivity contribution < 1.29 is 0 Å². The molecule has 35 heavy (non-hydrogen) atoms. The fraction of sp³-hybridized carbons (Fsp3) is 0.0645. The number of benzene rings is 2. The number of aromatic nitrogens is 3. The summed E-state index contributed by atoms with van der Waals surface area (Å²) in [5, 5.41) is 0. The summed E-state index contributed by atoms with van der Waals surface area (Å²) in [4.78, 5) is 13.9. The van der Waals surface area contributed by atoms with Crippen molar-refractivity contribution in [3.63, 3.8) is 0 Å². The van der Waals surface area contributed by atoms with Crippen LogP contribution in [-0.2, 0) is 0 Å². The van der Waals surface area contributed by atoms with Crippen LogP contribution in [0.4, 0.5) is 0 Å². The van der Waals surface area contributed by atoms with Crippen LogP contribution in [0.2, 0.25) is 0 Å². The second-order valence-corrected chi connectivity index (χ2v) is 8.32. The Balaban J connectivity index is 0.00000289. The van der Waals surface area contributed by atoms with Gasteiger partial charge in [0.25, 0.3) is 0 Å². The molecule has 0 N–H and O–H groups in total. The molecule has 0 aliphatic rings. The van der Waals surface area contributed by atoms with Crippen LogP contribution < -0.4 is 0 Å². The molecule has 4 heteroatoms. The van der Waals surface area contributed by atoms with Crippen LogP contribution in [0.1, 0.15) is 22.3 Å². The molecule has 0 saturated heterocycles. The Morgan fingerprint density at radius 1 is 0.714 bits per heavy atom. The molecule has 2 aromatic carbocycles. The van der Waals surface area contributed by atoms with Gasteiger partial charge >= 0.3 is 0 Å². The molecule has 0 aliphatic heterocycles. The van der Waals surface area contributed by atoms with E-state index in [0.29, 0.717) is 0 Å². The first kappa shape index (κ1) is 22.8. The smallest absolute Gasteiger partial charge is 0.0789 e. The Labute approximate surface area is 200 Å². The van der Waals surface area contributed by atoms with Crippen LogP contribution in [0.3, 0.4) is 0 Å². The van der Waals surface area contributed by atoms with Crippen molar-refractivity contribution in [3.8, 4) is 33.6 Å². The van der Waals surface area contributed by atoms with E-state index in [1.165, 1.54) is 5.56 Å². The normalized spacial score (nSPS) is 10.8. The molecule has 0 atom stereocenters. The maximum Gasteiger partial charge on any atom is 0.0789 e. The van der Waals surface area contributed by atoms with Gasteiger partial charge in [0.15, 0.2) is 0 Å². The van der Waals surface area contributed by atoms with Gasteiger partial charge in [0.05, 0.1) is 5.69 Å². The first-order valence-electron chi connectivity index (χ1n) is 11.3. The number of aryl methyl sites for hydroxylation is 2. The van der Waals surface area contributed by atoms with Crippen LogP contribution in [-0.4, -0.2) is 15.0 Å². The predicted octanol–water partition coefficient (Wildman–Crippen LogP) is 7.46. The molecule has 0 aliphatic carbocycles. The molecule has 3 heterocycles. The minimum atomic E-state index is 0. The fourth-order valence-corrected chi connectivity index (χ4v) is 3.93. The van der Waals surface area contributed by atoms with Gasteiger partial charge in [0.1, 0.15) is 0 Å². The van der Waals surface area contributed by atoms with Crippen molar-refractivity contribution in [2.45, 2.75) is 13.8 Å². The van der Waals surface area contributed by atoms with Gasteiger partial charge in [-0.15, -0.1) is 35.4 Å². The second-order valence-electron chi connectivity index (χ2n) is 8.32. The molecule has 5 rings (SSSR count). The van der Waals surface area contributed by atoms with Gasteiger partial charge in [-0.3, -0.25) is 9.97 Å². The first-order valence-corrected chi connectivity index (χ1v) is 11.3. The summed E-state index contributed by atoms with van der Waals surface area (Å²) >= 11 is 0. The monoisotopic (exact) mass is 700 g/mol. The molecule has 0 saturated carbocycles. The summed E-state index contributed by atoms with van der Waals surface area (Å²) in [5.41, 5.74) is 10.3. The topological polar surface area (TPSA) is 38.7 Å². The Bertz CT molecular complexity index is 1440. The van der Waals surface area contributed by atoms with Gasteiger partial charge in [-0.2, -0.15) is 0 Å². The molecular weight excluding hydrogens is 676 g/mol. The molecule has 179 valence electrons. The molecule has 0 fully saturated rings. The summed E-state index contributed by atoms with van der Waals surface area (Å²) in [6, 6.07) is 28.1. The molecule has 5 aromatic rings. The van der Waals surface area contributed by atoms with E-state index in [4.69, 9.17) is 9.97 Å². The fourth-order valence-electron chi connectivity index (χ4n) is 3.93. The maximum atomic E-state index is 4.87. The Morgan fingerprint density at radius 2 is 1.51 bits per heavy atom. The number of rotatable bonds is 5. The van der Waals surface area contributed by atoms with Crippen LogP contribution in [0.25, 0.3) is 45.8 Å². The van der Waals surface area contributed by atoms with Crippen LogP contribution >= 0.6 is 0 Å². The molecule has 3 nitrogen and oxygen atoms in total. The first-order chi connectivity index (χ1) is 16.7. The molecular formula is C31H24LrN3-. The number of hydrogen-bond donors (Lipinski definition) is 0. The average Bonchev–Trinajstić information content (AvgIpc) is 2.89. The van der Waals surface area contributed by atoms with E-state index in [9.17, 15) is 0 Å². The van der Waals surface area contributed by atoms with Crippen molar-refractivity contribution in [2.75, 3.05) is 0 Å². The Hall–Kier alpha value is -5.37. The average molecular weight is 701 g/mol. The minimum Gasteiger partial charge on any atom is -0.304 e. The quantitative estimate of drug-likeness (QED) is 0.179. The van der Waals surface area contributed by atoms with E-state index in [2.05, 4.69) is 73.4 Å².